The Morgan fingerprint density at radius 3 is 2.43 bits per heavy atom. The standard InChI is InChI=1S/C14H12BrF3N2O/c1-7-4-12(8(2)3-11(7)19)21-13-10(14(16,17)18)5-9(15)6-20-13/h3-6H,19H2,1-2H3. The average molecular weight is 361 g/mol. The number of alkyl halides is 3. The molecule has 0 aliphatic rings. The lowest BCUT2D eigenvalue weighted by atomic mass is 10.1. The molecule has 112 valence electrons. The molecule has 1 heterocycles. The third-order valence-corrected chi connectivity index (χ3v) is 3.33. The van der Waals surface area contributed by atoms with Gasteiger partial charge in [0.1, 0.15) is 11.3 Å². The normalized spacial score (nSPS) is 11.5. The highest BCUT2D eigenvalue weighted by Crippen LogP contribution is 2.39. The van der Waals surface area contributed by atoms with Gasteiger partial charge in [0.15, 0.2) is 0 Å². The number of nitrogens with two attached hydrogens (primary N) is 1. The highest BCUT2D eigenvalue weighted by Gasteiger charge is 2.36. The molecule has 0 aliphatic carbocycles. The van der Waals surface area contributed by atoms with Gasteiger partial charge in [0.05, 0.1) is 0 Å². The molecule has 2 aromatic rings. The molecule has 1 aromatic carbocycles. The Morgan fingerprint density at radius 2 is 1.81 bits per heavy atom. The van der Waals surface area contributed by atoms with Gasteiger partial charge < -0.3 is 10.5 Å². The maximum Gasteiger partial charge on any atom is 0.421 e. The minimum Gasteiger partial charge on any atom is -0.438 e. The van der Waals surface area contributed by atoms with Crippen LogP contribution in [0.1, 0.15) is 16.7 Å². The lowest BCUT2D eigenvalue weighted by Crippen LogP contribution is -2.09. The van der Waals surface area contributed by atoms with E-state index in [1.807, 2.05) is 0 Å². The molecular formula is C14H12BrF3N2O. The summed E-state index contributed by atoms with van der Waals surface area (Å²) in [6, 6.07) is 4.17. The molecule has 0 amide bonds. The van der Waals surface area contributed by atoms with Gasteiger partial charge in [-0.1, -0.05) is 0 Å². The van der Waals surface area contributed by atoms with E-state index in [4.69, 9.17) is 10.5 Å². The van der Waals surface area contributed by atoms with E-state index in [1.165, 1.54) is 6.20 Å². The highest BCUT2D eigenvalue weighted by molar-refractivity contribution is 9.10. The Balaban J connectivity index is 2.47. The van der Waals surface area contributed by atoms with Crippen LogP contribution in [-0.2, 0) is 6.18 Å². The highest BCUT2D eigenvalue weighted by atomic mass is 79.9. The van der Waals surface area contributed by atoms with Gasteiger partial charge in [0.25, 0.3) is 0 Å². The van der Waals surface area contributed by atoms with E-state index in [0.717, 1.165) is 11.6 Å². The van der Waals surface area contributed by atoms with E-state index < -0.39 is 17.6 Å². The van der Waals surface area contributed by atoms with Crippen molar-refractivity contribution >= 4 is 21.6 Å². The van der Waals surface area contributed by atoms with Gasteiger partial charge in [-0.25, -0.2) is 4.98 Å². The first-order chi connectivity index (χ1) is 9.68. The number of hydrogen-bond donors (Lipinski definition) is 1. The molecule has 1 aromatic heterocycles. The molecule has 3 nitrogen and oxygen atoms in total. The van der Waals surface area contributed by atoms with Crippen LogP contribution in [0.2, 0.25) is 0 Å². The lowest BCUT2D eigenvalue weighted by molar-refractivity contribution is -0.138. The number of aromatic nitrogens is 1. The monoisotopic (exact) mass is 360 g/mol. The first kappa shape index (κ1) is 15.6. The first-order valence-corrected chi connectivity index (χ1v) is 6.75. The predicted octanol–water partition coefficient (Wildman–Crippen LogP) is 4.85. The average Bonchev–Trinajstić information content (AvgIpc) is 2.36. The lowest BCUT2D eigenvalue weighted by Gasteiger charge is -2.15. The van der Waals surface area contributed by atoms with Crippen molar-refractivity contribution in [1.29, 1.82) is 0 Å². The summed E-state index contributed by atoms with van der Waals surface area (Å²) in [4.78, 5) is 3.71. The van der Waals surface area contributed by atoms with Crippen molar-refractivity contribution in [3.8, 4) is 11.6 Å². The van der Waals surface area contributed by atoms with Crippen LogP contribution in [-0.4, -0.2) is 4.98 Å². The first-order valence-electron chi connectivity index (χ1n) is 5.96. The molecule has 2 rings (SSSR count). The predicted molar refractivity (Wildman–Crippen MR) is 77.3 cm³/mol. The Hall–Kier alpha value is -1.76. The molecule has 7 heteroatoms. The number of nitrogens with zero attached hydrogens (tertiary/aromatic N) is 1. The van der Waals surface area contributed by atoms with Gasteiger partial charge in [-0.2, -0.15) is 13.2 Å². The number of benzene rings is 1. The molecule has 0 saturated carbocycles. The number of pyridine rings is 1. The van der Waals surface area contributed by atoms with Crippen LogP contribution < -0.4 is 10.5 Å². The maximum atomic E-state index is 13.0. The molecule has 0 atom stereocenters. The van der Waals surface area contributed by atoms with Crippen molar-refractivity contribution in [2.24, 2.45) is 0 Å². The van der Waals surface area contributed by atoms with Gasteiger partial charge >= 0.3 is 6.18 Å². The fourth-order valence-electron chi connectivity index (χ4n) is 1.74. The number of hydrogen-bond acceptors (Lipinski definition) is 3. The zero-order valence-corrected chi connectivity index (χ0v) is 12.8. The molecule has 0 bridgehead atoms. The summed E-state index contributed by atoms with van der Waals surface area (Å²) in [5.74, 6) is -0.194. The molecular weight excluding hydrogens is 349 g/mol. The van der Waals surface area contributed by atoms with Crippen LogP contribution in [0.15, 0.2) is 28.9 Å². The van der Waals surface area contributed by atoms with E-state index in [2.05, 4.69) is 20.9 Å². The summed E-state index contributed by atoms with van der Waals surface area (Å²) < 4.78 is 44.6. The molecule has 0 fully saturated rings. The fraction of sp³-hybridized carbons (Fsp3) is 0.214. The van der Waals surface area contributed by atoms with Gasteiger partial charge in [-0.15, -0.1) is 0 Å². The van der Waals surface area contributed by atoms with Crippen molar-refractivity contribution in [1.82, 2.24) is 4.98 Å². The van der Waals surface area contributed by atoms with E-state index in [9.17, 15) is 13.2 Å². The Bertz CT molecular complexity index is 687. The minimum atomic E-state index is -4.55. The van der Waals surface area contributed by atoms with Crippen molar-refractivity contribution in [2.45, 2.75) is 20.0 Å². The van der Waals surface area contributed by atoms with Gasteiger partial charge in [0, 0.05) is 16.4 Å². The minimum absolute atomic E-state index is 0.229. The van der Waals surface area contributed by atoms with Crippen molar-refractivity contribution in [3.05, 3.63) is 45.6 Å². The van der Waals surface area contributed by atoms with Gasteiger partial charge in [-0.3, -0.25) is 0 Å². The molecule has 0 spiro atoms. The topological polar surface area (TPSA) is 48.1 Å². The summed E-state index contributed by atoms with van der Waals surface area (Å²) in [6.07, 6.45) is -3.30. The second-order valence-electron chi connectivity index (χ2n) is 4.58. The van der Waals surface area contributed by atoms with Crippen LogP contribution >= 0.6 is 15.9 Å². The molecule has 0 aliphatic heterocycles. The van der Waals surface area contributed by atoms with E-state index >= 15 is 0 Å². The SMILES string of the molecule is Cc1cc(Oc2ncc(Br)cc2C(F)(F)F)c(C)cc1N. The summed E-state index contributed by atoms with van der Waals surface area (Å²) in [5.41, 5.74) is 6.72. The largest absolute Gasteiger partial charge is 0.438 e. The number of aryl methyl sites for hydroxylation is 2. The molecule has 2 N–H and O–H groups in total. The Morgan fingerprint density at radius 1 is 1.14 bits per heavy atom. The fourth-order valence-corrected chi connectivity index (χ4v) is 2.07. The van der Waals surface area contributed by atoms with Crippen LogP contribution in [0.4, 0.5) is 18.9 Å². The van der Waals surface area contributed by atoms with Crippen LogP contribution in [0, 0.1) is 13.8 Å². The molecule has 0 unspecified atom stereocenters. The number of anilines is 1. The van der Waals surface area contributed by atoms with Gasteiger partial charge in [0.2, 0.25) is 5.88 Å². The van der Waals surface area contributed by atoms with Crippen LogP contribution in [0.3, 0.4) is 0 Å². The van der Waals surface area contributed by atoms with E-state index in [-0.39, 0.29) is 4.47 Å². The Kier molecular flexibility index (Phi) is 4.13. The zero-order chi connectivity index (χ0) is 15.8. The Labute approximate surface area is 128 Å². The molecule has 21 heavy (non-hydrogen) atoms. The summed E-state index contributed by atoms with van der Waals surface area (Å²) >= 11 is 2.98. The number of ether oxygens (including phenoxy) is 1. The smallest absolute Gasteiger partial charge is 0.421 e. The van der Waals surface area contributed by atoms with Crippen molar-refractivity contribution in [3.63, 3.8) is 0 Å². The summed E-state index contributed by atoms with van der Waals surface area (Å²) in [5, 5.41) is 0. The second kappa shape index (κ2) is 5.55. The van der Waals surface area contributed by atoms with Crippen LogP contribution in [0.5, 0.6) is 11.6 Å². The van der Waals surface area contributed by atoms with E-state index in [0.29, 0.717) is 17.0 Å². The third kappa shape index (κ3) is 3.47. The number of nitrogen functional groups attached to an aromatic ring is 1. The van der Waals surface area contributed by atoms with Crippen molar-refractivity contribution < 1.29 is 17.9 Å². The third-order valence-electron chi connectivity index (χ3n) is 2.89. The quantitative estimate of drug-likeness (QED) is 0.778. The zero-order valence-electron chi connectivity index (χ0n) is 11.3. The summed E-state index contributed by atoms with van der Waals surface area (Å²) in [6.45, 7) is 3.46. The van der Waals surface area contributed by atoms with Crippen LogP contribution in [0.25, 0.3) is 0 Å². The molecule has 0 saturated heterocycles. The second-order valence-corrected chi connectivity index (χ2v) is 5.50. The maximum absolute atomic E-state index is 13.0. The molecule has 0 radical (unpaired) electrons. The summed E-state index contributed by atoms with van der Waals surface area (Å²) in [7, 11) is 0. The van der Waals surface area contributed by atoms with Crippen molar-refractivity contribution in [2.75, 3.05) is 5.73 Å². The van der Waals surface area contributed by atoms with E-state index in [1.54, 1.807) is 26.0 Å². The number of rotatable bonds is 2. The van der Waals surface area contributed by atoms with Gasteiger partial charge in [-0.05, 0) is 59.1 Å². The number of halogens is 4.